The van der Waals surface area contributed by atoms with Gasteiger partial charge in [0.2, 0.25) is 0 Å². The summed E-state index contributed by atoms with van der Waals surface area (Å²) in [4.78, 5) is -3.70. The molecule has 0 aromatic heterocycles. The van der Waals surface area contributed by atoms with E-state index in [1.807, 2.05) is 0 Å². The minimum atomic E-state index is -5.04. The molecule has 8 rings (SSSR count). The van der Waals surface area contributed by atoms with E-state index in [1.165, 1.54) is 58.8 Å². The molecule has 73 heavy (non-hydrogen) atoms. The summed E-state index contributed by atoms with van der Waals surface area (Å²) >= 11 is 0. The van der Waals surface area contributed by atoms with Crippen LogP contribution in [0.5, 0.6) is 0 Å². The molecule has 0 bridgehead atoms. The molecule has 26 nitrogen and oxygen atoms in total. The molecule has 33 heteroatoms. The van der Waals surface area contributed by atoms with Crippen LogP contribution in [-0.2, 0) is 60.7 Å². The van der Waals surface area contributed by atoms with E-state index in [0.717, 1.165) is 85.0 Å². The second kappa shape index (κ2) is 19.8. The molecule has 2 heterocycles. The third kappa shape index (κ3) is 12.4. The summed E-state index contributed by atoms with van der Waals surface area (Å²) in [7, 11) is -29.1. The van der Waals surface area contributed by atoms with E-state index in [2.05, 4.69) is 31.9 Å². The van der Waals surface area contributed by atoms with Gasteiger partial charge in [0.15, 0.2) is 0 Å². The molecule has 0 unspecified atom stereocenters. The molecule has 376 valence electrons. The van der Waals surface area contributed by atoms with Crippen LogP contribution in [0.2, 0.25) is 0 Å². The second-order valence-electron chi connectivity index (χ2n) is 15.1. The van der Waals surface area contributed by atoms with Gasteiger partial charge in [0.1, 0.15) is 19.6 Å². The smallest absolute Gasteiger partial charge is 0.282 e. The van der Waals surface area contributed by atoms with E-state index in [9.17, 15) is 77.8 Å². The van der Waals surface area contributed by atoms with Crippen LogP contribution < -0.4 is 61.5 Å². The number of hydrogen-bond acceptors (Lipinski definition) is 20. The van der Waals surface area contributed by atoms with Gasteiger partial charge in [0, 0.05) is 0 Å². The quantitative estimate of drug-likeness (QED) is 0.0324. The maximum absolute atomic E-state index is 12.5. The van der Waals surface area contributed by atoms with Crippen LogP contribution in [0.15, 0.2) is 149 Å². The Hall–Kier alpha value is -6.34. The fourth-order valence-electron chi connectivity index (χ4n) is 6.96. The standard InChI is InChI=1S/C40H32N8O18S6.Na/c49-67(50,51)31-13-15-33-35(21-31)45-47(43-33)29-11-7-25(39(19-29)71(61,62)63)3-1-23-5-9-27(17-37(23)69(55,56)57)41-42-28-10-6-24(38(18-28)70(58,59)60)2-4-26-8-12-30(20-40(26)72(64,65)66)48-44-34-16-14-32(68(52,53)54)22-36(34)46-48;/h1-22,43-46H,(H,49,50,51)(H,52,53,54)(H,55,56,57)(H,58,59,60)(H,61,62,63)(H,64,65,66);/q;+1/b3-1+,4-2+,42-41?;. The number of nitrogens with zero attached hydrogens (tertiary/aromatic N) is 4. The van der Waals surface area contributed by atoms with Crippen molar-refractivity contribution in [1.29, 1.82) is 0 Å². The van der Waals surface area contributed by atoms with E-state index >= 15 is 0 Å². The number of anilines is 6. The van der Waals surface area contributed by atoms with Crippen LogP contribution in [0.1, 0.15) is 22.3 Å². The first-order chi connectivity index (χ1) is 33.4. The number of azo groups is 1. The van der Waals surface area contributed by atoms with Gasteiger partial charge in [-0.25, -0.2) is 0 Å². The second-order valence-corrected chi connectivity index (χ2v) is 23.5. The molecule has 2 aliphatic rings. The van der Waals surface area contributed by atoms with Crippen LogP contribution in [0.25, 0.3) is 24.3 Å². The van der Waals surface area contributed by atoms with Gasteiger partial charge < -0.3 is 0 Å². The molecule has 0 atom stereocenters. The first-order valence-electron chi connectivity index (χ1n) is 19.6. The number of fused-ring (bicyclic) bond motifs is 2. The summed E-state index contributed by atoms with van der Waals surface area (Å²) in [5.41, 5.74) is 11.2. The van der Waals surface area contributed by atoms with Gasteiger partial charge in [-0.1, -0.05) is 48.6 Å². The molecule has 0 amide bonds. The van der Waals surface area contributed by atoms with Crippen molar-refractivity contribution in [2.45, 2.75) is 29.4 Å². The maximum Gasteiger partial charge on any atom is 1.00 e. The van der Waals surface area contributed by atoms with Crippen LogP contribution in [0, 0.1) is 0 Å². The van der Waals surface area contributed by atoms with Gasteiger partial charge in [0.05, 0.1) is 55.3 Å². The van der Waals surface area contributed by atoms with Crippen molar-refractivity contribution < 1.29 is 107 Å². The van der Waals surface area contributed by atoms with Gasteiger partial charge in [0.25, 0.3) is 60.7 Å². The minimum Gasteiger partial charge on any atom is -0.282 e. The zero-order valence-electron chi connectivity index (χ0n) is 36.5. The van der Waals surface area contributed by atoms with Gasteiger partial charge in [-0.05, 0) is 107 Å². The van der Waals surface area contributed by atoms with E-state index in [4.69, 9.17) is 0 Å². The summed E-state index contributed by atoms with van der Waals surface area (Å²) in [5.74, 6) is 0. The number of benzene rings is 6. The molecule has 0 aliphatic carbocycles. The van der Waals surface area contributed by atoms with Crippen molar-refractivity contribution in [1.82, 2.24) is 0 Å². The molecule has 0 spiro atoms. The Labute approximate surface area is 437 Å². The topological polar surface area (TPSA) is 406 Å². The summed E-state index contributed by atoms with van der Waals surface area (Å²) in [6, 6.07) is 20.8. The Morgan fingerprint density at radius 1 is 0.342 bits per heavy atom. The molecule has 6 aromatic carbocycles. The fraction of sp³-hybridized carbons (Fsp3) is 0. The van der Waals surface area contributed by atoms with E-state index in [1.54, 1.807) is 0 Å². The largest absolute Gasteiger partial charge is 1.00 e. The third-order valence-corrected chi connectivity index (χ3v) is 15.6. The number of hydrogen-bond donors (Lipinski definition) is 10. The Morgan fingerprint density at radius 2 is 0.630 bits per heavy atom. The normalized spacial score (nSPS) is 14.1. The molecule has 0 saturated heterocycles. The van der Waals surface area contributed by atoms with Crippen molar-refractivity contribution in [3.63, 3.8) is 0 Å². The Balaban J connectivity index is 0.00000780. The molecule has 0 saturated carbocycles. The molecule has 0 radical (unpaired) electrons. The van der Waals surface area contributed by atoms with Crippen LogP contribution in [0.3, 0.4) is 0 Å². The van der Waals surface area contributed by atoms with Gasteiger partial charge in [-0.15, -0.1) is 0 Å². The SMILES string of the molecule is O=S(=O)(O)c1ccc2c(c1)NN(c1ccc(/C=C/c3ccc(N=Nc4ccc(/C=C/c5ccc(N6Nc7ccc(S(=O)(=O)O)cc7N6)cc5S(=O)(=O)O)c(S(=O)(=O)O)c4)cc3S(=O)(=O)O)c(S(=O)(=O)O)c1)N2.[Na+]. The molecule has 2 aliphatic heterocycles. The number of hydrazine groups is 4. The Bertz CT molecular complexity index is 3820. The van der Waals surface area contributed by atoms with Crippen molar-refractivity contribution in [3.05, 3.63) is 131 Å². The van der Waals surface area contributed by atoms with Crippen LogP contribution in [-0.4, -0.2) is 77.8 Å². The average Bonchev–Trinajstić information content (AvgIpc) is 3.92. The fourth-order valence-corrected chi connectivity index (χ4v) is 10.8. The maximum atomic E-state index is 12.5. The zero-order valence-corrected chi connectivity index (χ0v) is 43.4. The van der Waals surface area contributed by atoms with Gasteiger partial charge in [-0.3, -0.25) is 49.0 Å². The zero-order chi connectivity index (χ0) is 52.3. The van der Waals surface area contributed by atoms with Gasteiger partial charge in [-0.2, -0.15) is 71.0 Å². The molecular weight excluding hydrogens is 1100 g/mol. The predicted molar refractivity (Wildman–Crippen MR) is 259 cm³/mol. The Morgan fingerprint density at radius 3 is 0.932 bits per heavy atom. The molecule has 10 N–H and O–H groups in total. The number of nitrogens with one attached hydrogen (secondary N) is 4. The monoisotopic (exact) mass is 1130 g/mol. The molecule has 0 fully saturated rings. The first-order valence-corrected chi connectivity index (χ1v) is 28.2. The van der Waals surface area contributed by atoms with Crippen molar-refractivity contribution in [2.24, 2.45) is 10.2 Å². The summed E-state index contributed by atoms with van der Waals surface area (Å²) < 4.78 is 206. The van der Waals surface area contributed by atoms with E-state index in [-0.39, 0.29) is 85.9 Å². The summed E-state index contributed by atoms with van der Waals surface area (Å²) in [5, 5.41) is 10.2. The van der Waals surface area contributed by atoms with E-state index < -0.39 is 90.1 Å². The molecule has 6 aromatic rings. The predicted octanol–water partition coefficient (Wildman–Crippen LogP) is 3.28. The Kier molecular flexibility index (Phi) is 14.8. The van der Waals surface area contributed by atoms with Crippen LogP contribution >= 0.6 is 0 Å². The summed E-state index contributed by atoms with van der Waals surface area (Å²) in [6.45, 7) is 0. The average molecular weight is 1130 g/mol. The number of rotatable bonds is 14. The van der Waals surface area contributed by atoms with Gasteiger partial charge >= 0.3 is 29.6 Å². The van der Waals surface area contributed by atoms with Crippen molar-refractivity contribution >= 4 is 131 Å². The first kappa shape index (κ1) is 54.4. The van der Waals surface area contributed by atoms with Crippen LogP contribution in [0.4, 0.5) is 45.5 Å². The van der Waals surface area contributed by atoms with E-state index in [0.29, 0.717) is 11.4 Å². The molecular formula is C40H32N8NaO18S6+. The van der Waals surface area contributed by atoms with Crippen molar-refractivity contribution in [2.75, 3.05) is 31.9 Å². The third-order valence-electron chi connectivity index (χ3n) is 10.3. The summed E-state index contributed by atoms with van der Waals surface area (Å²) in [6.07, 6.45) is 4.41. The minimum absolute atomic E-state index is 0. The van der Waals surface area contributed by atoms with Crippen molar-refractivity contribution in [3.8, 4) is 0 Å².